The van der Waals surface area contributed by atoms with Crippen LogP contribution in [-0.4, -0.2) is 21.5 Å². The summed E-state index contributed by atoms with van der Waals surface area (Å²) in [5.74, 6) is -0.0784. The zero-order valence-electron chi connectivity index (χ0n) is 19.9. The first kappa shape index (κ1) is 23.0. The van der Waals surface area contributed by atoms with E-state index in [1.165, 1.54) is 6.42 Å². The van der Waals surface area contributed by atoms with Crippen LogP contribution < -0.4 is 10.9 Å². The molecule has 1 fully saturated rings. The number of rotatable bonds is 7. The van der Waals surface area contributed by atoms with Gasteiger partial charge in [-0.2, -0.15) is 0 Å². The molecule has 4 aromatic rings. The average Bonchev–Trinajstić information content (AvgIpc) is 2.91. The number of nitrogens with zero attached hydrogens (tertiary/aromatic N) is 2. The fourth-order valence-electron chi connectivity index (χ4n) is 5.12. The highest BCUT2D eigenvalue weighted by atomic mass is 16.2. The van der Waals surface area contributed by atoms with Crippen LogP contribution in [0.3, 0.4) is 0 Å². The van der Waals surface area contributed by atoms with Gasteiger partial charge in [-0.25, -0.2) is 4.98 Å². The lowest BCUT2D eigenvalue weighted by molar-refractivity contribution is -0.125. The summed E-state index contributed by atoms with van der Waals surface area (Å²) in [5, 5.41) is 3.29. The summed E-state index contributed by atoms with van der Waals surface area (Å²) in [6.45, 7) is 0. The van der Waals surface area contributed by atoms with E-state index in [1.807, 2.05) is 72.8 Å². The summed E-state index contributed by atoms with van der Waals surface area (Å²) in [5.41, 5.74) is 3.45. The quantitative estimate of drug-likeness (QED) is 0.382. The van der Waals surface area contributed by atoms with Gasteiger partial charge < -0.3 is 5.32 Å². The number of carbonyl (C=O) groups excluding carboxylic acids is 1. The molecule has 1 unspecified atom stereocenters. The van der Waals surface area contributed by atoms with Gasteiger partial charge in [0.2, 0.25) is 5.91 Å². The van der Waals surface area contributed by atoms with E-state index >= 15 is 0 Å². The molecule has 0 saturated heterocycles. The predicted octanol–water partition coefficient (Wildman–Crippen LogP) is 5.69. The van der Waals surface area contributed by atoms with Gasteiger partial charge in [0.15, 0.2) is 0 Å². The zero-order valence-corrected chi connectivity index (χ0v) is 19.9. The Morgan fingerprint density at radius 3 is 2.29 bits per heavy atom. The second-order valence-electron chi connectivity index (χ2n) is 9.37. The van der Waals surface area contributed by atoms with Gasteiger partial charge in [-0.15, -0.1) is 0 Å². The fraction of sp³-hybridized carbons (Fsp3) is 0.300. The smallest absolute Gasteiger partial charge is 0.278 e. The van der Waals surface area contributed by atoms with Gasteiger partial charge in [0.25, 0.3) is 5.56 Å². The topological polar surface area (TPSA) is 64.0 Å². The van der Waals surface area contributed by atoms with Crippen molar-refractivity contribution >= 4 is 16.9 Å². The monoisotopic (exact) mass is 465 g/mol. The highest BCUT2D eigenvalue weighted by Gasteiger charge is 2.27. The molecule has 1 aliphatic carbocycles. The van der Waals surface area contributed by atoms with Gasteiger partial charge in [0.05, 0.1) is 11.0 Å². The third-order valence-electron chi connectivity index (χ3n) is 6.96. The number of hydrogen-bond donors (Lipinski definition) is 1. The van der Waals surface area contributed by atoms with Crippen LogP contribution in [-0.2, 0) is 11.2 Å². The Labute approximate surface area is 205 Å². The molecule has 1 saturated carbocycles. The molecule has 35 heavy (non-hydrogen) atoms. The summed E-state index contributed by atoms with van der Waals surface area (Å²) in [6, 6.07) is 26.8. The number of amides is 1. The average molecular weight is 466 g/mol. The third-order valence-corrected chi connectivity index (χ3v) is 6.96. The molecular formula is C30H31N3O2. The Kier molecular flexibility index (Phi) is 7.03. The normalized spacial score (nSPS) is 15.1. The number of aromatic nitrogens is 2. The molecule has 0 bridgehead atoms. The summed E-state index contributed by atoms with van der Waals surface area (Å²) in [7, 11) is 0. The first-order chi connectivity index (χ1) is 17.2. The Morgan fingerprint density at radius 2 is 1.54 bits per heavy atom. The van der Waals surface area contributed by atoms with Crippen LogP contribution in [0.5, 0.6) is 0 Å². The van der Waals surface area contributed by atoms with E-state index in [9.17, 15) is 9.59 Å². The number of aryl methyl sites for hydroxylation is 1. The summed E-state index contributed by atoms with van der Waals surface area (Å²) >= 11 is 0. The molecule has 1 amide bonds. The van der Waals surface area contributed by atoms with Crippen molar-refractivity contribution in [3.8, 4) is 11.3 Å². The molecule has 5 heteroatoms. The van der Waals surface area contributed by atoms with Crippen LogP contribution in [0.15, 0.2) is 89.7 Å². The van der Waals surface area contributed by atoms with Gasteiger partial charge >= 0.3 is 0 Å². The van der Waals surface area contributed by atoms with Crippen molar-refractivity contribution in [3.05, 3.63) is 101 Å². The Morgan fingerprint density at radius 1 is 0.886 bits per heavy atom. The maximum atomic E-state index is 14.0. The molecule has 178 valence electrons. The minimum atomic E-state index is -0.625. The number of para-hydroxylation sites is 2. The van der Waals surface area contributed by atoms with Crippen molar-refractivity contribution in [1.82, 2.24) is 14.9 Å². The van der Waals surface area contributed by atoms with Crippen LogP contribution in [0, 0.1) is 0 Å². The minimum absolute atomic E-state index is 0.0784. The molecule has 0 spiro atoms. The van der Waals surface area contributed by atoms with E-state index < -0.39 is 6.04 Å². The summed E-state index contributed by atoms with van der Waals surface area (Å²) in [6.07, 6.45) is 6.72. The van der Waals surface area contributed by atoms with E-state index in [0.29, 0.717) is 29.6 Å². The lowest BCUT2D eigenvalue weighted by atomic mass is 9.95. The van der Waals surface area contributed by atoms with E-state index in [0.717, 1.165) is 36.8 Å². The predicted molar refractivity (Wildman–Crippen MR) is 140 cm³/mol. The molecule has 1 aliphatic rings. The minimum Gasteiger partial charge on any atom is -0.352 e. The second-order valence-corrected chi connectivity index (χ2v) is 9.37. The molecule has 1 heterocycles. The molecule has 1 aromatic heterocycles. The van der Waals surface area contributed by atoms with Crippen LogP contribution in [0.25, 0.3) is 22.3 Å². The van der Waals surface area contributed by atoms with Gasteiger partial charge in [-0.05, 0) is 43.4 Å². The lowest BCUT2D eigenvalue weighted by Crippen LogP contribution is -2.43. The molecule has 1 N–H and O–H groups in total. The standard InChI is InChI=1S/C30H31N3O2/c34-29(31-24-16-8-3-9-17-24)27(21-20-22-12-4-1-5-13-22)33-26-19-11-10-18-25(26)32-28(30(33)35)23-14-6-2-7-15-23/h1-2,4-7,10-15,18-19,24,27H,3,8-9,16-17,20-21H2,(H,31,34). The van der Waals surface area contributed by atoms with E-state index in [1.54, 1.807) is 4.57 Å². The molecular weight excluding hydrogens is 434 g/mol. The van der Waals surface area contributed by atoms with Crippen LogP contribution in [0.1, 0.15) is 50.1 Å². The SMILES string of the molecule is O=C(NC1CCCCC1)C(CCc1ccccc1)n1c(=O)c(-c2ccccc2)nc2ccccc21. The first-order valence-electron chi connectivity index (χ1n) is 12.6. The third kappa shape index (κ3) is 5.19. The van der Waals surface area contributed by atoms with Gasteiger partial charge in [0.1, 0.15) is 11.7 Å². The Bertz CT molecular complexity index is 1340. The summed E-state index contributed by atoms with van der Waals surface area (Å²) in [4.78, 5) is 32.5. The number of fused-ring (bicyclic) bond motifs is 1. The molecule has 3 aromatic carbocycles. The maximum Gasteiger partial charge on any atom is 0.278 e. The largest absolute Gasteiger partial charge is 0.352 e. The molecule has 0 aliphatic heterocycles. The molecule has 1 atom stereocenters. The van der Waals surface area contributed by atoms with Crippen molar-refractivity contribution in [2.24, 2.45) is 0 Å². The van der Waals surface area contributed by atoms with Gasteiger partial charge in [-0.1, -0.05) is 92.1 Å². The van der Waals surface area contributed by atoms with Crippen molar-refractivity contribution in [2.75, 3.05) is 0 Å². The van der Waals surface area contributed by atoms with Crippen molar-refractivity contribution in [3.63, 3.8) is 0 Å². The Balaban J connectivity index is 1.60. The number of carbonyl (C=O) groups is 1. The molecule has 5 rings (SSSR count). The lowest BCUT2D eigenvalue weighted by Gasteiger charge is -2.27. The van der Waals surface area contributed by atoms with Crippen molar-refractivity contribution < 1.29 is 4.79 Å². The highest BCUT2D eigenvalue weighted by molar-refractivity contribution is 5.85. The van der Waals surface area contributed by atoms with Crippen molar-refractivity contribution in [1.29, 1.82) is 0 Å². The number of nitrogens with one attached hydrogen (secondary N) is 1. The Hall–Kier alpha value is -3.73. The molecule has 5 nitrogen and oxygen atoms in total. The molecule has 0 radical (unpaired) electrons. The van der Waals surface area contributed by atoms with Crippen LogP contribution >= 0.6 is 0 Å². The highest BCUT2D eigenvalue weighted by Crippen LogP contribution is 2.25. The van der Waals surface area contributed by atoms with E-state index in [-0.39, 0.29) is 17.5 Å². The second kappa shape index (κ2) is 10.7. The van der Waals surface area contributed by atoms with Crippen LogP contribution in [0.4, 0.5) is 0 Å². The van der Waals surface area contributed by atoms with Gasteiger partial charge in [0, 0.05) is 11.6 Å². The van der Waals surface area contributed by atoms with Gasteiger partial charge in [-0.3, -0.25) is 14.2 Å². The maximum absolute atomic E-state index is 14.0. The number of benzene rings is 3. The fourth-order valence-corrected chi connectivity index (χ4v) is 5.12. The summed E-state index contributed by atoms with van der Waals surface area (Å²) < 4.78 is 1.69. The van der Waals surface area contributed by atoms with Crippen LogP contribution in [0.2, 0.25) is 0 Å². The van der Waals surface area contributed by atoms with Crippen molar-refractivity contribution in [2.45, 2.75) is 57.0 Å². The zero-order chi connectivity index (χ0) is 24.0. The van der Waals surface area contributed by atoms with E-state index in [4.69, 9.17) is 4.98 Å². The van der Waals surface area contributed by atoms with E-state index in [2.05, 4.69) is 17.4 Å². The first-order valence-corrected chi connectivity index (χ1v) is 12.6. The number of hydrogen-bond acceptors (Lipinski definition) is 3.